The monoisotopic (exact) mass is 246 g/mol. The number of amides is 1. The van der Waals surface area contributed by atoms with Gasteiger partial charge in [-0.3, -0.25) is 9.78 Å². The summed E-state index contributed by atoms with van der Waals surface area (Å²) in [4.78, 5) is 18.5. The lowest BCUT2D eigenvalue weighted by molar-refractivity contribution is -0.133. The van der Waals surface area contributed by atoms with Gasteiger partial charge < -0.3 is 4.90 Å². The van der Waals surface area contributed by atoms with Crippen molar-refractivity contribution in [2.75, 3.05) is 6.54 Å². The standard InChI is InChI=1S/C15H22N2O/c1-3-10-17(15(18)4-2)13-7-8-14-12(11-13)6-5-9-16-14/h5-6,9,13H,3-4,7-8,10-11H2,1-2H3/t13-/m1/s1. The Labute approximate surface area is 109 Å². The molecule has 3 nitrogen and oxygen atoms in total. The fraction of sp³-hybridized carbons (Fsp3) is 0.600. The molecule has 0 N–H and O–H groups in total. The first-order valence-corrected chi connectivity index (χ1v) is 6.98. The molecule has 1 amide bonds. The highest BCUT2D eigenvalue weighted by Gasteiger charge is 2.26. The van der Waals surface area contributed by atoms with Crippen LogP contribution in [0.4, 0.5) is 0 Å². The van der Waals surface area contributed by atoms with Gasteiger partial charge in [-0.05, 0) is 37.3 Å². The summed E-state index contributed by atoms with van der Waals surface area (Å²) in [6.07, 6.45) is 6.52. The SMILES string of the molecule is CCCN(C(=O)CC)[C@@H]1CCc2ncccc2C1. The van der Waals surface area contributed by atoms with Crippen molar-refractivity contribution in [1.82, 2.24) is 9.88 Å². The number of pyridine rings is 1. The maximum atomic E-state index is 12.0. The summed E-state index contributed by atoms with van der Waals surface area (Å²) in [5.41, 5.74) is 2.54. The van der Waals surface area contributed by atoms with Gasteiger partial charge in [-0.1, -0.05) is 19.9 Å². The molecule has 1 aromatic rings. The van der Waals surface area contributed by atoms with Gasteiger partial charge in [-0.25, -0.2) is 0 Å². The minimum absolute atomic E-state index is 0.286. The molecule has 1 aliphatic rings. The molecule has 1 aromatic heterocycles. The topological polar surface area (TPSA) is 33.2 Å². The van der Waals surface area contributed by atoms with Crippen molar-refractivity contribution in [3.8, 4) is 0 Å². The van der Waals surface area contributed by atoms with E-state index < -0.39 is 0 Å². The van der Waals surface area contributed by atoms with Crippen molar-refractivity contribution in [1.29, 1.82) is 0 Å². The van der Waals surface area contributed by atoms with Crippen LogP contribution in [0.25, 0.3) is 0 Å². The molecule has 1 aliphatic carbocycles. The highest BCUT2D eigenvalue weighted by molar-refractivity contribution is 5.76. The molecular weight excluding hydrogens is 224 g/mol. The van der Waals surface area contributed by atoms with E-state index in [1.165, 1.54) is 11.3 Å². The Hall–Kier alpha value is -1.38. The van der Waals surface area contributed by atoms with Crippen molar-refractivity contribution >= 4 is 5.91 Å². The van der Waals surface area contributed by atoms with Gasteiger partial charge in [0.2, 0.25) is 5.91 Å². The second-order valence-electron chi connectivity index (χ2n) is 4.95. The molecule has 0 aromatic carbocycles. The van der Waals surface area contributed by atoms with Gasteiger partial charge in [0.15, 0.2) is 0 Å². The highest BCUT2D eigenvalue weighted by Crippen LogP contribution is 2.23. The summed E-state index contributed by atoms with van der Waals surface area (Å²) >= 11 is 0. The van der Waals surface area contributed by atoms with Gasteiger partial charge in [0.25, 0.3) is 0 Å². The lowest BCUT2D eigenvalue weighted by Gasteiger charge is -2.34. The van der Waals surface area contributed by atoms with Gasteiger partial charge in [0, 0.05) is 30.9 Å². The number of fused-ring (bicyclic) bond motifs is 1. The zero-order valence-electron chi connectivity index (χ0n) is 11.4. The first-order chi connectivity index (χ1) is 8.76. The van der Waals surface area contributed by atoms with E-state index in [-0.39, 0.29) is 5.91 Å². The third-order valence-corrected chi connectivity index (χ3v) is 3.68. The van der Waals surface area contributed by atoms with Crippen LogP contribution in [-0.2, 0) is 17.6 Å². The molecular formula is C15H22N2O. The Morgan fingerprint density at radius 3 is 3.06 bits per heavy atom. The summed E-state index contributed by atoms with van der Waals surface area (Å²) in [7, 11) is 0. The maximum Gasteiger partial charge on any atom is 0.222 e. The molecule has 0 bridgehead atoms. The third kappa shape index (κ3) is 2.71. The van der Waals surface area contributed by atoms with Crippen LogP contribution in [0.15, 0.2) is 18.3 Å². The number of hydrogen-bond donors (Lipinski definition) is 0. The molecule has 0 aliphatic heterocycles. The lowest BCUT2D eigenvalue weighted by atomic mass is 9.90. The predicted molar refractivity (Wildman–Crippen MR) is 72.3 cm³/mol. The van der Waals surface area contributed by atoms with Gasteiger partial charge in [0.05, 0.1) is 0 Å². The van der Waals surface area contributed by atoms with Crippen LogP contribution in [0.2, 0.25) is 0 Å². The molecule has 0 saturated heterocycles. The first kappa shape index (κ1) is 13.1. The second kappa shape index (κ2) is 5.98. The van der Waals surface area contributed by atoms with Crippen molar-refractivity contribution in [3.63, 3.8) is 0 Å². The Balaban J connectivity index is 2.12. The number of aryl methyl sites for hydroxylation is 1. The Bertz CT molecular complexity index is 417. The Kier molecular flexibility index (Phi) is 4.34. The van der Waals surface area contributed by atoms with Crippen LogP contribution in [0.5, 0.6) is 0 Å². The summed E-state index contributed by atoms with van der Waals surface area (Å²) in [5, 5.41) is 0. The summed E-state index contributed by atoms with van der Waals surface area (Å²) in [6, 6.07) is 4.51. The maximum absolute atomic E-state index is 12.0. The molecule has 0 unspecified atom stereocenters. The van der Waals surface area contributed by atoms with Gasteiger partial charge in [0.1, 0.15) is 0 Å². The van der Waals surface area contributed by atoms with E-state index in [0.29, 0.717) is 12.5 Å². The first-order valence-electron chi connectivity index (χ1n) is 6.98. The number of carbonyl (C=O) groups excluding carboxylic acids is 1. The molecule has 0 saturated carbocycles. The fourth-order valence-corrected chi connectivity index (χ4v) is 2.76. The molecule has 3 heteroatoms. The summed E-state index contributed by atoms with van der Waals surface area (Å²) in [6.45, 7) is 4.96. The van der Waals surface area contributed by atoms with Crippen molar-refractivity contribution in [2.24, 2.45) is 0 Å². The molecule has 1 heterocycles. The average molecular weight is 246 g/mol. The molecule has 2 rings (SSSR count). The molecule has 0 radical (unpaired) electrons. The van der Waals surface area contributed by atoms with E-state index in [2.05, 4.69) is 22.9 Å². The highest BCUT2D eigenvalue weighted by atomic mass is 16.2. The molecule has 18 heavy (non-hydrogen) atoms. The number of nitrogens with zero attached hydrogens (tertiary/aromatic N) is 2. The van der Waals surface area contributed by atoms with E-state index in [1.807, 2.05) is 19.2 Å². The quantitative estimate of drug-likeness (QED) is 0.818. The van der Waals surface area contributed by atoms with E-state index in [1.54, 1.807) is 0 Å². The van der Waals surface area contributed by atoms with Crippen LogP contribution in [0, 0.1) is 0 Å². The van der Waals surface area contributed by atoms with Crippen molar-refractivity contribution in [2.45, 2.75) is 52.0 Å². The third-order valence-electron chi connectivity index (χ3n) is 3.68. The van der Waals surface area contributed by atoms with Gasteiger partial charge in [-0.2, -0.15) is 0 Å². The van der Waals surface area contributed by atoms with E-state index in [0.717, 1.165) is 32.2 Å². The molecule has 98 valence electrons. The number of hydrogen-bond acceptors (Lipinski definition) is 2. The number of aromatic nitrogens is 1. The van der Waals surface area contributed by atoms with Crippen LogP contribution in [0.1, 0.15) is 44.4 Å². The van der Waals surface area contributed by atoms with Gasteiger partial charge in [-0.15, -0.1) is 0 Å². The summed E-state index contributed by atoms with van der Waals surface area (Å²) < 4.78 is 0. The van der Waals surface area contributed by atoms with E-state index >= 15 is 0 Å². The predicted octanol–water partition coefficient (Wildman–Crippen LogP) is 2.59. The van der Waals surface area contributed by atoms with Crippen molar-refractivity contribution in [3.05, 3.63) is 29.6 Å². The zero-order valence-corrected chi connectivity index (χ0v) is 11.4. The van der Waals surface area contributed by atoms with E-state index in [4.69, 9.17) is 0 Å². The van der Waals surface area contributed by atoms with Crippen molar-refractivity contribution < 1.29 is 4.79 Å². The zero-order chi connectivity index (χ0) is 13.0. The van der Waals surface area contributed by atoms with Crippen LogP contribution < -0.4 is 0 Å². The smallest absolute Gasteiger partial charge is 0.222 e. The van der Waals surface area contributed by atoms with Crippen LogP contribution >= 0.6 is 0 Å². The Morgan fingerprint density at radius 2 is 2.33 bits per heavy atom. The van der Waals surface area contributed by atoms with Gasteiger partial charge >= 0.3 is 0 Å². The lowest BCUT2D eigenvalue weighted by Crippen LogP contribution is -2.43. The molecule has 1 atom stereocenters. The fourth-order valence-electron chi connectivity index (χ4n) is 2.76. The minimum Gasteiger partial charge on any atom is -0.339 e. The number of rotatable bonds is 4. The molecule has 0 fully saturated rings. The Morgan fingerprint density at radius 1 is 1.50 bits per heavy atom. The largest absolute Gasteiger partial charge is 0.339 e. The normalized spacial score (nSPS) is 18.2. The number of carbonyl (C=O) groups is 1. The van der Waals surface area contributed by atoms with Crippen LogP contribution in [-0.4, -0.2) is 28.4 Å². The van der Waals surface area contributed by atoms with E-state index in [9.17, 15) is 4.79 Å². The van der Waals surface area contributed by atoms with Crippen LogP contribution in [0.3, 0.4) is 0 Å². The minimum atomic E-state index is 0.286. The molecule has 0 spiro atoms. The average Bonchev–Trinajstić information content (AvgIpc) is 2.43. The second-order valence-corrected chi connectivity index (χ2v) is 4.95. The summed E-state index contributed by atoms with van der Waals surface area (Å²) in [5.74, 6) is 0.286.